The summed E-state index contributed by atoms with van der Waals surface area (Å²) >= 11 is 0. The van der Waals surface area contributed by atoms with Crippen LogP contribution in [0.15, 0.2) is 9.52 Å². The normalized spacial score (nSPS) is 11.9. The Bertz CT molecular complexity index is 397. The Balaban J connectivity index is 0.00000324. The van der Waals surface area contributed by atoms with E-state index in [0.29, 0.717) is 24.7 Å². The number of nitrogens with zero attached hydrogens (tertiary/aromatic N) is 3. The zero-order valence-electron chi connectivity index (χ0n) is 12.3. The molecule has 0 unspecified atom stereocenters. The average molecular weight is 381 g/mol. The first-order chi connectivity index (χ1) is 8.40. The molecule has 0 bridgehead atoms. The van der Waals surface area contributed by atoms with Crippen LogP contribution in [0.25, 0.3) is 0 Å². The van der Waals surface area contributed by atoms with E-state index in [0.717, 1.165) is 12.5 Å². The zero-order chi connectivity index (χ0) is 13.6. The van der Waals surface area contributed by atoms with E-state index in [2.05, 4.69) is 46.5 Å². The summed E-state index contributed by atoms with van der Waals surface area (Å²) in [6, 6.07) is 0. The molecule has 1 heterocycles. The van der Waals surface area contributed by atoms with Crippen LogP contribution in [-0.2, 0) is 6.42 Å². The molecule has 6 nitrogen and oxygen atoms in total. The summed E-state index contributed by atoms with van der Waals surface area (Å²) in [6.07, 6.45) is 0.654. The number of aliphatic imine (C=N–C) groups is 1. The first-order valence-corrected chi connectivity index (χ1v) is 6.26. The summed E-state index contributed by atoms with van der Waals surface area (Å²) in [5.41, 5.74) is -0.0118. The van der Waals surface area contributed by atoms with Crippen LogP contribution >= 0.6 is 24.0 Å². The smallest absolute Gasteiger partial charge is 0.228 e. The van der Waals surface area contributed by atoms with Crippen LogP contribution in [-0.4, -0.2) is 34.7 Å². The summed E-state index contributed by atoms with van der Waals surface area (Å²) < 4.78 is 5.04. The zero-order valence-corrected chi connectivity index (χ0v) is 14.6. The third-order valence-corrected chi connectivity index (χ3v) is 2.00. The minimum atomic E-state index is -0.0118. The van der Waals surface area contributed by atoms with Gasteiger partial charge in [0.15, 0.2) is 11.8 Å². The molecule has 0 saturated heterocycles. The third kappa shape index (κ3) is 8.02. The molecule has 0 radical (unpaired) electrons. The largest absolute Gasteiger partial charge is 0.357 e. The quantitative estimate of drug-likeness (QED) is 0.473. The van der Waals surface area contributed by atoms with E-state index in [-0.39, 0.29) is 29.5 Å². The Morgan fingerprint density at radius 1 is 1.37 bits per heavy atom. The molecule has 7 heteroatoms. The van der Waals surface area contributed by atoms with E-state index in [1.165, 1.54) is 0 Å². The Morgan fingerprint density at radius 2 is 2.05 bits per heavy atom. The molecular formula is C12H24IN5O. The van der Waals surface area contributed by atoms with Gasteiger partial charge in [0.25, 0.3) is 0 Å². The van der Waals surface area contributed by atoms with Crippen molar-refractivity contribution in [1.29, 1.82) is 0 Å². The third-order valence-electron chi connectivity index (χ3n) is 2.00. The number of aryl methyl sites for hydroxylation is 1. The maximum atomic E-state index is 5.04. The fourth-order valence-electron chi connectivity index (χ4n) is 1.37. The monoisotopic (exact) mass is 381 g/mol. The molecule has 19 heavy (non-hydrogen) atoms. The van der Waals surface area contributed by atoms with Gasteiger partial charge in [0, 0.05) is 18.5 Å². The molecular weight excluding hydrogens is 357 g/mol. The first-order valence-electron chi connectivity index (χ1n) is 6.26. The van der Waals surface area contributed by atoms with Crippen LogP contribution < -0.4 is 10.6 Å². The molecule has 0 aromatic carbocycles. The first kappa shape index (κ1) is 18.1. The number of aromatic nitrogens is 2. The van der Waals surface area contributed by atoms with Crippen molar-refractivity contribution >= 4 is 29.9 Å². The van der Waals surface area contributed by atoms with Crippen molar-refractivity contribution < 1.29 is 4.52 Å². The average Bonchev–Trinajstić information content (AvgIpc) is 2.62. The van der Waals surface area contributed by atoms with Crippen molar-refractivity contribution in [3.05, 3.63) is 11.7 Å². The highest BCUT2D eigenvalue weighted by atomic mass is 127. The van der Waals surface area contributed by atoms with Gasteiger partial charge in [-0.25, -0.2) is 0 Å². The van der Waals surface area contributed by atoms with Gasteiger partial charge < -0.3 is 15.2 Å². The van der Waals surface area contributed by atoms with Gasteiger partial charge in [0.05, 0.1) is 6.54 Å². The van der Waals surface area contributed by atoms with Gasteiger partial charge in [-0.05, 0) is 34.6 Å². The van der Waals surface area contributed by atoms with Gasteiger partial charge in [-0.3, -0.25) is 4.99 Å². The van der Waals surface area contributed by atoms with Crippen LogP contribution in [0.1, 0.15) is 39.4 Å². The molecule has 1 aromatic rings. The molecule has 0 fully saturated rings. The minimum absolute atomic E-state index is 0. The Morgan fingerprint density at radius 3 is 2.53 bits per heavy atom. The fraction of sp³-hybridized carbons (Fsp3) is 0.750. The van der Waals surface area contributed by atoms with E-state index >= 15 is 0 Å². The highest BCUT2D eigenvalue weighted by molar-refractivity contribution is 14.0. The number of guanidine groups is 1. The standard InChI is InChI=1S/C12H23N5O.HI/c1-6-13-11(16-12(3,4)5)14-8-7-10-15-9(2)17-18-10;/h6-8H2,1-5H3,(H2,13,14,16);1H. The second-order valence-corrected chi connectivity index (χ2v) is 5.12. The van der Waals surface area contributed by atoms with Gasteiger partial charge in [0.2, 0.25) is 5.89 Å². The van der Waals surface area contributed by atoms with Gasteiger partial charge in [-0.15, -0.1) is 24.0 Å². The minimum Gasteiger partial charge on any atom is -0.357 e. The predicted molar refractivity (Wildman–Crippen MR) is 87.0 cm³/mol. The number of halogens is 1. The lowest BCUT2D eigenvalue weighted by Crippen LogP contribution is -2.47. The molecule has 0 aliphatic heterocycles. The second-order valence-electron chi connectivity index (χ2n) is 5.12. The molecule has 110 valence electrons. The Labute approximate surface area is 131 Å². The van der Waals surface area contributed by atoms with Gasteiger partial charge >= 0.3 is 0 Å². The molecule has 0 saturated carbocycles. The number of hydrogen-bond acceptors (Lipinski definition) is 4. The lowest BCUT2D eigenvalue weighted by atomic mass is 10.1. The summed E-state index contributed by atoms with van der Waals surface area (Å²) in [7, 11) is 0. The van der Waals surface area contributed by atoms with Crippen molar-refractivity contribution in [2.45, 2.75) is 46.6 Å². The van der Waals surface area contributed by atoms with Crippen molar-refractivity contribution in [2.75, 3.05) is 13.1 Å². The molecule has 0 amide bonds. The van der Waals surface area contributed by atoms with Crippen molar-refractivity contribution in [3.63, 3.8) is 0 Å². The molecule has 0 atom stereocenters. The maximum Gasteiger partial charge on any atom is 0.228 e. The van der Waals surface area contributed by atoms with Gasteiger partial charge in [0.1, 0.15) is 0 Å². The van der Waals surface area contributed by atoms with E-state index in [1.807, 2.05) is 13.8 Å². The lowest BCUT2D eigenvalue weighted by Gasteiger charge is -2.23. The fourth-order valence-corrected chi connectivity index (χ4v) is 1.37. The van der Waals surface area contributed by atoms with E-state index in [4.69, 9.17) is 4.52 Å². The van der Waals surface area contributed by atoms with Crippen LogP contribution in [0.4, 0.5) is 0 Å². The highest BCUT2D eigenvalue weighted by Gasteiger charge is 2.11. The van der Waals surface area contributed by atoms with Crippen molar-refractivity contribution in [3.8, 4) is 0 Å². The summed E-state index contributed by atoms with van der Waals surface area (Å²) in [5.74, 6) is 2.10. The Kier molecular flexibility index (Phi) is 7.96. The van der Waals surface area contributed by atoms with Crippen LogP contribution in [0.5, 0.6) is 0 Å². The van der Waals surface area contributed by atoms with E-state index in [1.54, 1.807) is 0 Å². The molecule has 1 aromatic heterocycles. The molecule has 0 aliphatic rings. The van der Waals surface area contributed by atoms with Crippen LogP contribution in [0, 0.1) is 6.92 Å². The van der Waals surface area contributed by atoms with E-state index < -0.39 is 0 Å². The van der Waals surface area contributed by atoms with E-state index in [9.17, 15) is 0 Å². The van der Waals surface area contributed by atoms with Gasteiger partial charge in [-0.1, -0.05) is 5.16 Å². The second kappa shape index (κ2) is 8.34. The summed E-state index contributed by atoms with van der Waals surface area (Å²) in [4.78, 5) is 8.61. The van der Waals surface area contributed by atoms with Crippen molar-refractivity contribution in [1.82, 2.24) is 20.8 Å². The number of rotatable bonds is 4. The number of hydrogen-bond donors (Lipinski definition) is 2. The molecule has 0 spiro atoms. The Hall–Kier alpha value is -0.860. The molecule has 0 aliphatic carbocycles. The topological polar surface area (TPSA) is 75.3 Å². The van der Waals surface area contributed by atoms with Crippen LogP contribution in [0.3, 0.4) is 0 Å². The molecule has 1 rings (SSSR count). The predicted octanol–water partition coefficient (Wildman–Crippen LogP) is 1.89. The lowest BCUT2D eigenvalue weighted by molar-refractivity contribution is 0.376. The van der Waals surface area contributed by atoms with Crippen LogP contribution in [0.2, 0.25) is 0 Å². The highest BCUT2D eigenvalue weighted by Crippen LogP contribution is 1.99. The summed E-state index contributed by atoms with van der Waals surface area (Å²) in [5, 5.41) is 10.3. The van der Waals surface area contributed by atoms with Gasteiger partial charge in [-0.2, -0.15) is 4.98 Å². The molecule has 2 N–H and O–H groups in total. The summed E-state index contributed by atoms with van der Waals surface area (Å²) in [6.45, 7) is 11.6. The SMILES string of the molecule is CCNC(=NCCc1nc(C)no1)NC(C)(C)C.I. The number of nitrogens with one attached hydrogen (secondary N) is 2. The van der Waals surface area contributed by atoms with Crippen molar-refractivity contribution in [2.24, 2.45) is 4.99 Å². The maximum absolute atomic E-state index is 5.04.